The first-order valence-corrected chi connectivity index (χ1v) is 9.95. The van der Waals surface area contributed by atoms with E-state index in [-0.39, 0.29) is 5.82 Å². The lowest BCUT2D eigenvalue weighted by atomic mass is 9.95. The van der Waals surface area contributed by atoms with Crippen LogP contribution in [0.5, 0.6) is 5.75 Å². The minimum Gasteiger partial charge on any atom is -0.497 e. The molecule has 28 heavy (non-hydrogen) atoms. The number of thiophene rings is 1. The molecule has 0 saturated heterocycles. The van der Waals surface area contributed by atoms with E-state index in [0.29, 0.717) is 12.1 Å². The van der Waals surface area contributed by atoms with E-state index in [1.807, 2.05) is 48.5 Å². The summed E-state index contributed by atoms with van der Waals surface area (Å²) in [6.45, 7) is 0.653. The predicted molar refractivity (Wildman–Crippen MR) is 117 cm³/mol. The second-order valence-electron chi connectivity index (χ2n) is 6.78. The van der Waals surface area contributed by atoms with E-state index >= 15 is 0 Å². The van der Waals surface area contributed by atoms with Gasteiger partial charge in [0, 0.05) is 27.2 Å². The number of anilines is 1. The maximum atomic E-state index is 14.7. The summed E-state index contributed by atoms with van der Waals surface area (Å²) in [4.78, 5) is 1.14. The third-order valence-electron chi connectivity index (χ3n) is 5.12. The summed E-state index contributed by atoms with van der Waals surface area (Å²) in [5, 5.41) is 4.67. The highest BCUT2D eigenvalue weighted by atomic mass is 32.1. The van der Waals surface area contributed by atoms with Gasteiger partial charge in [-0.25, -0.2) is 4.39 Å². The van der Waals surface area contributed by atoms with Gasteiger partial charge in [-0.1, -0.05) is 30.3 Å². The third kappa shape index (κ3) is 2.86. The summed E-state index contributed by atoms with van der Waals surface area (Å²) in [6.07, 6.45) is 1.96. The largest absolute Gasteiger partial charge is 0.497 e. The molecule has 0 unspecified atom stereocenters. The monoisotopic (exact) mass is 387 g/mol. The molecule has 0 amide bonds. The molecular formula is C24H18FNOS. The molecule has 1 aromatic heterocycles. The highest BCUT2D eigenvalue weighted by Crippen LogP contribution is 2.42. The summed E-state index contributed by atoms with van der Waals surface area (Å²) in [7, 11) is 1.65. The molecule has 1 N–H and O–H groups in total. The quantitative estimate of drug-likeness (QED) is 0.423. The lowest BCUT2D eigenvalue weighted by Crippen LogP contribution is -2.12. The van der Waals surface area contributed by atoms with Crippen LogP contribution in [-0.4, -0.2) is 13.7 Å². The molecular weight excluding hydrogens is 369 g/mol. The molecule has 0 spiro atoms. The van der Waals surface area contributed by atoms with Crippen molar-refractivity contribution in [2.24, 2.45) is 0 Å². The number of halogens is 1. The van der Waals surface area contributed by atoms with E-state index in [4.69, 9.17) is 4.74 Å². The van der Waals surface area contributed by atoms with Crippen LogP contribution in [0.25, 0.3) is 32.2 Å². The van der Waals surface area contributed by atoms with Crippen molar-refractivity contribution < 1.29 is 9.13 Å². The first-order chi connectivity index (χ1) is 13.7. The molecule has 4 heteroatoms. The predicted octanol–water partition coefficient (Wildman–Crippen LogP) is 6.68. The molecule has 0 fully saturated rings. The van der Waals surface area contributed by atoms with Crippen LogP contribution in [0.1, 0.15) is 11.1 Å². The Bertz CT molecular complexity index is 1170. The second kappa shape index (κ2) is 6.80. The first-order valence-electron chi connectivity index (χ1n) is 9.13. The number of fused-ring (bicyclic) bond motifs is 2. The fourth-order valence-corrected chi connectivity index (χ4v) is 4.74. The van der Waals surface area contributed by atoms with Gasteiger partial charge >= 0.3 is 0 Å². The van der Waals surface area contributed by atoms with Gasteiger partial charge in [-0.05, 0) is 59.0 Å². The van der Waals surface area contributed by atoms with Crippen LogP contribution < -0.4 is 10.1 Å². The first kappa shape index (κ1) is 17.0. The van der Waals surface area contributed by atoms with Gasteiger partial charge in [0.2, 0.25) is 0 Å². The molecule has 2 nitrogen and oxygen atoms in total. The fourth-order valence-electron chi connectivity index (χ4n) is 3.64. The van der Waals surface area contributed by atoms with Gasteiger partial charge in [0.1, 0.15) is 11.6 Å². The van der Waals surface area contributed by atoms with Crippen LogP contribution in [0.2, 0.25) is 0 Å². The summed E-state index contributed by atoms with van der Waals surface area (Å²) in [6, 6.07) is 21.8. The van der Waals surface area contributed by atoms with Crippen molar-refractivity contribution in [2.45, 2.75) is 0 Å². The van der Waals surface area contributed by atoms with E-state index in [1.54, 1.807) is 24.5 Å². The lowest BCUT2D eigenvalue weighted by Gasteiger charge is -2.22. The Morgan fingerprint density at radius 1 is 1.00 bits per heavy atom. The molecule has 5 rings (SSSR count). The number of methoxy groups -OCH3 is 1. The Hall–Kier alpha value is -3.11. The van der Waals surface area contributed by atoms with Crippen molar-refractivity contribution in [3.63, 3.8) is 0 Å². The van der Waals surface area contributed by atoms with Crippen LogP contribution in [0.4, 0.5) is 10.1 Å². The van der Waals surface area contributed by atoms with Gasteiger partial charge in [0.05, 0.1) is 12.8 Å². The van der Waals surface area contributed by atoms with Gasteiger partial charge in [-0.3, -0.25) is 0 Å². The van der Waals surface area contributed by atoms with Crippen LogP contribution in [0.15, 0.2) is 66.7 Å². The molecule has 0 aliphatic carbocycles. The average molecular weight is 387 g/mol. The molecule has 0 radical (unpaired) electrons. The Labute approximate surface area is 166 Å². The third-order valence-corrected chi connectivity index (χ3v) is 6.27. The van der Waals surface area contributed by atoms with Crippen LogP contribution in [0, 0.1) is 5.82 Å². The minimum atomic E-state index is -0.210. The molecule has 3 aromatic carbocycles. The van der Waals surface area contributed by atoms with Crippen molar-refractivity contribution in [3.8, 4) is 16.2 Å². The topological polar surface area (TPSA) is 21.3 Å². The average Bonchev–Trinajstić information content (AvgIpc) is 3.18. The van der Waals surface area contributed by atoms with E-state index in [9.17, 15) is 4.39 Å². The van der Waals surface area contributed by atoms with Crippen molar-refractivity contribution >= 4 is 38.8 Å². The Kier molecular flexibility index (Phi) is 4.14. The summed E-state index contributed by atoms with van der Waals surface area (Å²) >= 11 is 1.73. The number of benzene rings is 3. The summed E-state index contributed by atoms with van der Waals surface area (Å²) in [5.74, 6) is 0.602. The number of ether oxygens (including phenoxy) is 1. The van der Waals surface area contributed by atoms with E-state index in [1.165, 1.54) is 10.1 Å². The number of nitrogens with one attached hydrogen (secondary N) is 1. The Morgan fingerprint density at radius 3 is 2.61 bits per heavy atom. The Balaban J connectivity index is 1.60. The lowest BCUT2D eigenvalue weighted by molar-refractivity contribution is 0.415. The molecule has 0 atom stereocenters. The van der Waals surface area contributed by atoms with Gasteiger partial charge < -0.3 is 10.1 Å². The molecule has 0 bridgehead atoms. The molecule has 1 aliphatic rings. The molecule has 138 valence electrons. The summed E-state index contributed by atoms with van der Waals surface area (Å²) in [5.41, 5.74) is 4.65. The van der Waals surface area contributed by atoms with Crippen molar-refractivity contribution in [2.75, 3.05) is 19.0 Å². The highest BCUT2D eigenvalue weighted by molar-refractivity contribution is 7.22. The van der Waals surface area contributed by atoms with Gasteiger partial charge in [-0.15, -0.1) is 11.3 Å². The zero-order valence-corrected chi connectivity index (χ0v) is 16.1. The summed E-state index contributed by atoms with van der Waals surface area (Å²) < 4.78 is 21.1. The van der Waals surface area contributed by atoms with Gasteiger partial charge in [-0.2, -0.15) is 0 Å². The maximum absolute atomic E-state index is 14.7. The van der Waals surface area contributed by atoms with Crippen LogP contribution >= 0.6 is 11.3 Å². The van der Waals surface area contributed by atoms with Crippen molar-refractivity contribution in [1.82, 2.24) is 0 Å². The van der Waals surface area contributed by atoms with Crippen LogP contribution in [-0.2, 0) is 0 Å². The van der Waals surface area contributed by atoms with Gasteiger partial charge in [0.15, 0.2) is 0 Å². The fraction of sp³-hybridized carbons (Fsp3) is 0.0833. The smallest absolute Gasteiger partial charge is 0.132 e. The molecule has 4 aromatic rings. The maximum Gasteiger partial charge on any atom is 0.132 e. The standard InChI is InChI=1S/C24H18FNOS/c1-27-18-8-6-15(7-9-18)17-12-20-21(25)11-10-19(24(20)26-14-17)23-13-16-4-2-3-5-22(16)28-23/h2-13,26H,14H2,1H3. The number of rotatable bonds is 3. The normalized spacial score (nSPS) is 13.0. The molecule has 1 aliphatic heterocycles. The zero-order chi connectivity index (χ0) is 19.1. The van der Waals surface area contributed by atoms with Crippen molar-refractivity contribution in [3.05, 3.63) is 83.7 Å². The minimum absolute atomic E-state index is 0.210. The van der Waals surface area contributed by atoms with E-state index in [2.05, 4.69) is 23.5 Å². The Morgan fingerprint density at radius 2 is 1.82 bits per heavy atom. The molecule has 2 heterocycles. The number of hydrogen-bond acceptors (Lipinski definition) is 3. The van der Waals surface area contributed by atoms with E-state index < -0.39 is 0 Å². The number of hydrogen-bond donors (Lipinski definition) is 1. The van der Waals surface area contributed by atoms with Crippen LogP contribution in [0.3, 0.4) is 0 Å². The van der Waals surface area contributed by atoms with E-state index in [0.717, 1.165) is 33.0 Å². The SMILES string of the molecule is COc1ccc(C2=Cc3c(F)ccc(-c4cc5ccccc5s4)c3NC2)cc1. The van der Waals surface area contributed by atoms with Gasteiger partial charge in [0.25, 0.3) is 0 Å². The second-order valence-corrected chi connectivity index (χ2v) is 7.87. The van der Waals surface area contributed by atoms with Crippen molar-refractivity contribution in [1.29, 1.82) is 0 Å². The molecule has 0 saturated carbocycles. The zero-order valence-electron chi connectivity index (χ0n) is 15.3. The highest BCUT2D eigenvalue weighted by Gasteiger charge is 2.20.